The van der Waals surface area contributed by atoms with Crippen LogP contribution in [0.5, 0.6) is 0 Å². The number of allylic oxidation sites excluding steroid dienone is 2. The van der Waals surface area contributed by atoms with Gasteiger partial charge in [0.2, 0.25) is 0 Å². The van der Waals surface area contributed by atoms with Crippen LogP contribution in [-0.2, 0) is 0 Å². The quantitative estimate of drug-likeness (QED) is 0.590. The summed E-state index contributed by atoms with van der Waals surface area (Å²) in [5.74, 6) is 1.14. The van der Waals surface area contributed by atoms with Gasteiger partial charge in [0, 0.05) is 6.42 Å². The maximum absolute atomic E-state index is 9.67. The van der Waals surface area contributed by atoms with Gasteiger partial charge in [0.1, 0.15) is 0 Å². The van der Waals surface area contributed by atoms with Gasteiger partial charge < -0.3 is 5.11 Å². The molecule has 1 aliphatic rings. The van der Waals surface area contributed by atoms with Crippen LogP contribution in [0, 0.1) is 5.92 Å². The summed E-state index contributed by atoms with van der Waals surface area (Å²) >= 11 is 0. The topological polar surface area (TPSA) is 20.2 Å². The molecule has 1 aliphatic carbocycles. The maximum atomic E-state index is 9.67. The molecule has 1 nitrogen and oxygen atoms in total. The minimum atomic E-state index is -0.343. The first kappa shape index (κ1) is 9.69. The molecule has 66 valence electrons. The Bertz CT molecular complexity index is 200. The Morgan fingerprint density at radius 1 is 1.50 bits per heavy atom. The van der Waals surface area contributed by atoms with Crippen LogP contribution < -0.4 is 0 Å². The summed E-state index contributed by atoms with van der Waals surface area (Å²) in [6.45, 7) is 6.07. The van der Waals surface area contributed by atoms with Gasteiger partial charge in [-0.2, -0.15) is 0 Å². The van der Waals surface area contributed by atoms with E-state index in [0.29, 0.717) is 11.7 Å². The summed E-state index contributed by atoms with van der Waals surface area (Å²) in [5, 5.41) is 9.33. The molecular formula is C10H17BO. The van der Waals surface area contributed by atoms with Gasteiger partial charge in [-0.3, -0.25) is 0 Å². The van der Waals surface area contributed by atoms with E-state index < -0.39 is 0 Å². The van der Waals surface area contributed by atoms with E-state index in [-0.39, 0.29) is 5.31 Å². The normalized spacial score (nSPS) is 26.1. The predicted molar refractivity (Wildman–Crippen MR) is 52.5 cm³/mol. The van der Waals surface area contributed by atoms with Crippen LogP contribution in [0.1, 0.15) is 40.0 Å². The molecule has 1 N–H and O–H groups in total. The van der Waals surface area contributed by atoms with E-state index in [9.17, 15) is 5.11 Å². The lowest BCUT2D eigenvalue weighted by Gasteiger charge is -2.30. The van der Waals surface area contributed by atoms with Gasteiger partial charge in [0.25, 0.3) is 0 Å². The van der Waals surface area contributed by atoms with Crippen molar-refractivity contribution in [1.82, 2.24) is 0 Å². The van der Waals surface area contributed by atoms with Gasteiger partial charge >= 0.3 is 0 Å². The molecular weight excluding hydrogens is 147 g/mol. The predicted octanol–water partition coefficient (Wildman–Crippen LogP) is 2.99. The zero-order chi connectivity index (χ0) is 9.35. The largest absolute Gasteiger partial charge is 0.512 e. The Kier molecular flexibility index (Phi) is 2.55. The Hall–Kier alpha value is -0.395. The van der Waals surface area contributed by atoms with E-state index in [4.69, 9.17) is 7.85 Å². The minimum Gasteiger partial charge on any atom is -0.512 e. The lowest BCUT2D eigenvalue weighted by molar-refractivity contribution is 0.313. The molecule has 0 aromatic rings. The van der Waals surface area contributed by atoms with E-state index in [1.807, 2.05) is 13.8 Å². The molecule has 0 saturated carbocycles. The van der Waals surface area contributed by atoms with Crippen LogP contribution in [0.2, 0.25) is 5.31 Å². The average molecular weight is 164 g/mol. The molecule has 1 atom stereocenters. The maximum Gasteiger partial charge on any atom is 0.0915 e. The molecule has 12 heavy (non-hydrogen) atoms. The summed E-state index contributed by atoms with van der Waals surface area (Å²) in [6, 6.07) is 0. The lowest BCUT2D eigenvalue weighted by atomic mass is 9.63. The number of hydrogen-bond donors (Lipinski definition) is 1. The average Bonchev–Trinajstić information content (AvgIpc) is 1.83. The van der Waals surface area contributed by atoms with Crippen molar-refractivity contribution in [3.63, 3.8) is 0 Å². The van der Waals surface area contributed by atoms with E-state index in [0.717, 1.165) is 24.8 Å². The van der Waals surface area contributed by atoms with Crippen molar-refractivity contribution in [3.05, 3.63) is 11.3 Å². The third-order valence-electron chi connectivity index (χ3n) is 2.56. The summed E-state index contributed by atoms with van der Waals surface area (Å²) in [5.41, 5.74) is 1.04. The molecule has 0 aromatic carbocycles. The van der Waals surface area contributed by atoms with Crippen LogP contribution in [0.15, 0.2) is 11.3 Å². The second-order valence-electron chi connectivity index (χ2n) is 4.49. The fraction of sp³-hybridized carbons (Fsp3) is 0.800. The van der Waals surface area contributed by atoms with Crippen molar-refractivity contribution in [2.45, 2.75) is 45.3 Å². The third-order valence-corrected chi connectivity index (χ3v) is 2.56. The molecule has 0 saturated heterocycles. The van der Waals surface area contributed by atoms with E-state index in [1.165, 1.54) is 0 Å². The smallest absolute Gasteiger partial charge is 0.0915 e. The highest BCUT2D eigenvalue weighted by Crippen LogP contribution is 2.40. The molecule has 2 heteroatoms. The Morgan fingerprint density at radius 2 is 2.08 bits per heavy atom. The van der Waals surface area contributed by atoms with E-state index in [2.05, 4.69) is 6.92 Å². The van der Waals surface area contributed by atoms with Gasteiger partial charge in [0.05, 0.1) is 13.6 Å². The second kappa shape index (κ2) is 3.16. The fourth-order valence-electron chi connectivity index (χ4n) is 1.78. The molecule has 0 aromatic heterocycles. The first-order chi connectivity index (χ1) is 5.41. The second-order valence-corrected chi connectivity index (χ2v) is 4.49. The van der Waals surface area contributed by atoms with Crippen molar-refractivity contribution >= 4 is 7.85 Å². The van der Waals surface area contributed by atoms with E-state index in [1.54, 1.807) is 0 Å². The van der Waals surface area contributed by atoms with Gasteiger partial charge in [-0.15, -0.1) is 0 Å². The number of aliphatic hydroxyl groups excluding tert-OH is 1. The summed E-state index contributed by atoms with van der Waals surface area (Å²) in [6.07, 6.45) is 2.91. The lowest BCUT2D eigenvalue weighted by Crippen LogP contribution is -2.16. The molecule has 0 spiro atoms. The standard InChI is InChI=1S/C10H17BO/c1-7-4-5-8(9(12)6-7)10(2,3)11/h7,12H,4-6H2,1-3H3/t7-/m1/s1. The monoisotopic (exact) mass is 164 g/mol. The van der Waals surface area contributed by atoms with Crippen molar-refractivity contribution in [2.75, 3.05) is 0 Å². The first-order valence-electron chi connectivity index (χ1n) is 4.61. The fourth-order valence-corrected chi connectivity index (χ4v) is 1.78. The molecule has 0 fully saturated rings. The summed E-state index contributed by atoms with van der Waals surface area (Å²) < 4.78 is 0. The first-order valence-corrected chi connectivity index (χ1v) is 4.61. The molecule has 0 heterocycles. The van der Waals surface area contributed by atoms with Crippen LogP contribution in [-0.4, -0.2) is 13.0 Å². The number of rotatable bonds is 1. The highest BCUT2D eigenvalue weighted by Gasteiger charge is 2.25. The minimum absolute atomic E-state index is 0.343. The van der Waals surface area contributed by atoms with Gasteiger partial charge in [-0.05, 0) is 29.6 Å². The van der Waals surface area contributed by atoms with Crippen molar-refractivity contribution in [2.24, 2.45) is 5.92 Å². The molecule has 0 aliphatic heterocycles. The van der Waals surface area contributed by atoms with E-state index >= 15 is 0 Å². The third kappa shape index (κ3) is 2.05. The summed E-state index contributed by atoms with van der Waals surface area (Å²) in [4.78, 5) is 0. The van der Waals surface area contributed by atoms with Crippen LogP contribution in [0.25, 0.3) is 0 Å². The Balaban J connectivity index is 2.83. The zero-order valence-electron chi connectivity index (χ0n) is 8.22. The van der Waals surface area contributed by atoms with Gasteiger partial charge in [-0.1, -0.05) is 20.8 Å². The SMILES string of the molecule is [B]C(C)(C)C1=C(O)C[C@H](C)CC1. The van der Waals surface area contributed by atoms with Crippen molar-refractivity contribution in [3.8, 4) is 0 Å². The molecule has 1 rings (SSSR count). The highest BCUT2D eigenvalue weighted by molar-refractivity contribution is 6.16. The Morgan fingerprint density at radius 3 is 2.50 bits per heavy atom. The summed E-state index contributed by atoms with van der Waals surface area (Å²) in [7, 11) is 5.93. The van der Waals surface area contributed by atoms with Crippen LogP contribution in [0.3, 0.4) is 0 Å². The van der Waals surface area contributed by atoms with Gasteiger partial charge in [0.15, 0.2) is 0 Å². The van der Waals surface area contributed by atoms with Crippen LogP contribution >= 0.6 is 0 Å². The Labute approximate surface area is 76.3 Å². The number of hydrogen-bond acceptors (Lipinski definition) is 1. The number of aliphatic hydroxyl groups is 1. The molecule has 0 bridgehead atoms. The van der Waals surface area contributed by atoms with Crippen molar-refractivity contribution in [1.29, 1.82) is 0 Å². The molecule has 0 amide bonds. The molecule has 0 unspecified atom stereocenters. The van der Waals surface area contributed by atoms with Crippen LogP contribution in [0.4, 0.5) is 0 Å². The van der Waals surface area contributed by atoms with Crippen molar-refractivity contribution < 1.29 is 5.11 Å². The molecule has 2 radical (unpaired) electrons. The highest BCUT2D eigenvalue weighted by atomic mass is 16.3. The zero-order valence-corrected chi connectivity index (χ0v) is 8.22. The van der Waals surface area contributed by atoms with Gasteiger partial charge in [-0.25, -0.2) is 0 Å².